The highest BCUT2D eigenvalue weighted by atomic mass is 19.3. The lowest BCUT2D eigenvalue weighted by molar-refractivity contribution is -0.105. The molecule has 5 nitrogen and oxygen atoms in total. The number of rotatable bonds is 3. The summed E-state index contributed by atoms with van der Waals surface area (Å²) in [5.74, 6) is -2.80. The molecule has 0 radical (unpaired) electrons. The fraction of sp³-hybridized carbons (Fsp3) is 0.462. The minimum atomic E-state index is -3.26. The summed E-state index contributed by atoms with van der Waals surface area (Å²) in [5, 5.41) is 2.12. The Morgan fingerprint density at radius 2 is 1.85 bits per heavy atom. The molecule has 0 spiro atoms. The zero-order valence-electron chi connectivity index (χ0n) is 11.3. The average molecular weight is 287 g/mol. The van der Waals surface area contributed by atoms with Gasteiger partial charge < -0.3 is 19.5 Å². The molecule has 0 unspecified atom stereocenters. The van der Waals surface area contributed by atoms with E-state index >= 15 is 0 Å². The monoisotopic (exact) mass is 287 g/mol. The number of ether oxygens (including phenoxy) is 3. The van der Waals surface area contributed by atoms with Gasteiger partial charge in [-0.2, -0.15) is 0 Å². The van der Waals surface area contributed by atoms with Crippen molar-refractivity contribution in [1.82, 2.24) is 5.32 Å². The number of nitrogens with one attached hydrogen (secondary N) is 1. The first-order valence-electron chi connectivity index (χ1n) is 5.92. The van der Waals surface area contributed by atoms with Gasteiger partial charge >= 0.3 is 12.0 Å². The van der Waals surface area contributed by atoms with Gasteiger partial charge in [-0.3, -0.25) is 0 Å². The van der Waals surface area contributed by atoms with E-state index in [2.05, 4.69) is 10.1 Å². The molecule has 1 amide bonds. The summed E-state index contributed by atoms with van der Waals surface area (Å²) in [7, 11) is 2.74. The van der Waals surface area contributed by atoms with Crippen LogP contribution in [0.5, 0.6) is 11.5 Å². The van der Waals surface area contributed by atoms with E-state index < -0.39 is 24.7 Å². The van der Waals surface area contributed by atoms with Crippen molar-refractivity contribution < 1.29 is 27.8 Å². The zero-order chi connectivity index (χ0) is 14.9. The Morgan fingerprint density at radius 3 is 2.35 bits per heavy atom. The molecule has 2 rings (SSSR count). The lowest BCUT2D eigenvalue weighted by Crippen LogP contribution is -2.49. The maximum atomic E-state index is 14.0. The minimum absolute atomic E-state index is 0.0993. The molecule has 1 heterocycles. The number of alkyl carbamates (subject to hydrolysis) is 1. The van der Waals surface area contributed by atoms with Gasteiger partial charge in [-0.25, -0.2) is 13.6 Å². The Morgan fingerprint density at radius 1 is 1.30 bits per heavy atom. The van der Waals surface area contributed by atoms with Gasteiger partial charge in [0.1, 0.15) is 17.5 Å². The summed E-state index contributed by atoms with van der Waals surface area (Å²) in [6.45, 7) is 0.805. The molecule has 1 N–H and O–H groups in total. The summed E-state index contributed by atoms with van der Waals surface area (Å²) >= 11 is 0. The third kappa shape index (κ3) is 2.48. The molecule has 7 heteroatoms. The van der Waals surface area contributed by atoms with E-state index in [1.807, 2.05) is 0 Å². The van der Waals surface area contributed by atoms with E-state index in [0.717, 1.165) is 5.56 Å². The molecular formula is C13H15F2NO4. The molecule has 1 saturated heterocycles. The van der Waals surface area contributed by atoms with E-state index in [4.69, 9.17) is 9.47 Å². The number of amides is 1. The van der Waals surface area contributed by atoms with Crippen LogP contribution in [0.4, 0.5) is 13.6 Å². The smallest absolute Gasteiger partial charge is 0.408 e. The lowest BCUT2D eigenvalue weighted by Gasteiger charge is -2.33. The van der Waals surface area contributed by atoms with Crippen molar-refractivity contribution in [3.63, 3.8) is 0 Å². The maximum Gasteiger partial charge on any atom is 0.408 e. The molecule has 20 heavy (non-hydrogen) atoms. The van der Waals surface area contributed by atoms with Gasteiger partial charge in [-0.15, -0.1) is 0 Å². The Bertz CT molecular complexity index is 508. The summed E-state index contributed by atoms with van der Waals surface area (Å²) < 4.78 is 42.6. The molecule has 1 atom stereocenters. The third-order valence-electron chi connectivity index (χ3n) is 3.06. The number of aryl methyl sites for hydroxylation is 1. The standard InChI is InChI=1S/C13H15F2NO4/c1-7-4-8(18-2)10(9(5-7)19-3)11-13(14,15)6-20-12(17)16-11/h4-5,11H,6H2,1-3H3,(H,16,17)/t11-/m1/s1. The Hall–Kier alpha value is -2.05. The number of carbonyl (C=O) groups is 1. The van der Waals surface area contributed by atoms with Crippen molar-refractivity contribution in [2.75, 3.05) is 20.8 Å². The molecule has 0 saturated carbocycles. The third-order valence-corrected chi connectivity index (χ3v) is 3.06. The van der Waals surface area contributed by atoms with Gasteiger partial charge in [0.05, 0.1) is 19.8 Å². The highest BCUT2D eigenvalue weighted by Gasteiger charge is 2.49. The second-order valence-electron chi connectivity index (χ2n) is 4.50. The van der Waals surface area contributed by atoms with Gasteiger partial charge in [0.2, 0.25) is 0 Å². The first kappa shape index (κ1) is 14.4. The largest absolute Gasteiger partial charge is 0.496 e. The van der Waals surface area contributed by atoms with Crippen molar-refractivity contribution in [1.29, 1.82) is 0 Å². The number of halogens is 2. The number of cyclic esters (lactones) is 1. The number of methoxy groups -OCH3 is 2. The summed E-state index contributed by atoms with van der Waals surface area (Å²) in [5.41, 5.74) is 0.895. The first-order valence-corrected chi connectivity index (χ1v) is 5.92. The summed E-state index contributed by atoms with van der Waals surface area (Å²) in [6, 6.07) is 1.65. The molecule has 0 bridgehead atoms. The number of hydrogen-bond acceptors (Lipinski definition) is 4. The lowest BCUT2D eigenvalue weighted by atomic mass is 9.96. The van der Waals surface area contributed by atoms with E-state index in [1.165, 1.54) is 14.2 Å². The average Bonchev–Trinajstić information content (AvgIpc) is 2.40. The maximum absolute atomic E-state index is 14.0. The van der Waals surface area contributed by atoms with Crippen LogP contribution >= 0.6 is 0 Å². The van der Waals surface area contributed by atoms with Crippen LogP contribution in [0.2, 0.25) is 0 Å². The quantitative estimate of drug-likeness (QED) is 0.927. The SMILES string of the molecule is COc1cc(C)cc(OC)c1[C@H]1NC(=O)OCC1(F)F. The van der Waals surface area contributed by atoms with Crippen LogP contribution in [0.15, 0.2) is 12.1 Å². The minimum Gasteiger partial charge on any atom is -0.496 e. The van der Waals surface area contributed by atoms with Gasteiger partial charge in [0.15, 0.2) is 6.61 Å². The van der Waals surface area contributed by atoms with Gasteiger partial charge in [-0.05, 0) is 24.6 Å². The summed E-state index contributed by atoms with van der Waals surface area (Å²) in [4.78, 5) is 11.3. The normalized spacial score (nSPS) is 20.9. The second-order valence-corrected chi connectivity index (χ2v) is 4.50. The van der Waals surface area contributed by atoms with E-state index in [1.54, 1.807) is 19.1 Å². The van der Waals surface area contributed by atoms with Crippen LogP contribution in [0.3, 0.4) is 0 Å². The topological polar surface area (TPSA) is 56.8 Å². The van der Waals surface area contributed by atoms with Crippen LogP contribution in [0.25, 0.3) is 0 Å². The highest BCUT2D eigenvalue weighted by Crippen LogP contribution is 2.43. The Labute approximate surface area is 114 Å². The fourth-order valence-corrected chi connectivity index (χ4v) is 2.15. The zero-order valence-corrected chi connectivity index (χ0v) is 11.3. The molecule has 110 valence electrons. The molecule has 1 aliphatic heterocycles. The van der Waals surface area contributed by atoms with E-state index in [0.29, 0.717) is 0 Å². The molecule has 1 fully saturated rings. The van der Waals surface area contributed by atoms with Crippen LogP contribution in [-0.4, -0.2) is 32.8 Å². The molecule has 0 aliphatic carbocycles. The van der Waals surface area contributed by atoms with Crippen molar-refractivity contribution in [2.45, 2.75) is 18.9 Å². The number of alkyl halides is 2. The highest BCUT2D eigenvalue weighted by molar-refractivity contribution is 5.70. The van der Waals surface area contributed by atoms with Crippen molar-refractivity contribution in [3.8, 4) is 11.5 Å². The van der Waals surface area contributed by atoms with Gasteiger partial charge in [-0.1, -0.05) is 0 Å². The van der Waals surface area contributed by atoms with Crippen molar-refractivity contribution in [2.24, 2.45) is 0 Å². The van der Waals surface area contributed by atoms with Crippen LogP contribution < -0.4 is 14.8 Å². The second kappa shape index (κ2) is 5.15. The molecule has 1 aromatic carbocycles. The predicted octanol–water partition coefficient (Wildman–Crippen LogP) is 2.43. The van der Waals surface area contributed by atoms with Crippen molar-refractivity contribution in [3.05, 3.63) is 23.3 Å². The van der Waals surface area contributed by atoms with Crippen LogP contribution in [-0.2, 0) is 4.74 Å². The summed E-state index contributed by atoms with van der Waals surface area (Å²) in [6.07, 6.45) is -0.898. The van der Waals surface area contributed by atoms with Gasteiger partial charge in [0, 0.05) is 0 Å². The molecule has 1 aliphatic rings. The van der Waals surface area contributed by atoms with Crippen LogP contribution in [0, 0.1) is 6.92 Å². The Kier molecular flexibility index (Phi) is 3.69. The number of benzene rings is 1. The molecular weight excluding hydrogens is 272 g/mol. The first-order chi connectivity index (χ1) is 9.39. The van der Waals surface area contributed by atoms with Gasteiger partial charge in [0.25, 0.3) is 0 Å². The predicted molar refractivity (Wildman–Crippen MR) is 66.5 cm³/mol. The van der Waals surface area contributed by atoms with Crippen LogP contribution in [0.1, 0.15) is 17.2 Å². The number of carbonyl (C=O) groups excluding carboxylic acids is 1. The van der Waals surface area contributed by atoms with Crippen molar-refractivity contribution >= 4 is 6.09 Å². The number of hydrogen-bond donors (Lipinski definition) is 1. The fourth-order valence-electron chi connectivity index (χ4n) is 2.15. The van der Waals surface area contributed by atoms with E-state index in [-0.39, 0.29) is 17.1 Å². The van der Waals surface area contributed by atoms with E-state index in [9.17, 15) is 13.6 Å². The molecule has 0 aromatic heterocycles. The molecule has 1 aromatic rings. The Balaban J connectivity index is 2.57.